The lowest BCUT2D eigenvalue weighted by Crippen LogP contribution is -2.33. The van der Waals surface area contributed by atoms with Gasteiger partial charge < -0.3 is 19.7 Å². The van der Waals surface area contributed by atoms with Gasteiger partial charge in [-0.1, -0.05) is 5.16 Å². The Labute approximate surface area is 83.2 Å². The molecular formula is C9H16N2O3. The van der Waals surface area contributed by atoms with Gasteiger partial charge in [0.05, 0.1) is 24.3 Å². The molecule has 0 aliphatic heterocycles. The summed E-state index contributed by atoms with van der Waals surface area (Å²) in [6.45, 7) is 3.00. The van der Waals surface area contributed by atoms with Crippen molar-refractivity contribution < 1.29 is 14.0 Å². The Bertz CT molecular complexity index is 279. The summed E-state index contributed by atoms with van der Waals surface area (Å²) in [5, 5.41) is 3.87. The molecule has 14 heavy (non-hydrogen) atoms. The number of nitrogens with zero attached hydrogens (tertiary/aromatic N) is 1. The van der Waals surface area contributed by atoms with E-state index in [-0.39, 0.29) is 5.41 Å². The number of nitrogens with two attached hydrogens (primary N) is 1. The molecule has 0 amide bonds. The SMILES string of the molecule is COCC(C)(COC)c1cc(N)on1. The van der Waals surface area contributed by atoms with E-state index in [2.05, 4.69) is 5.16 Å². The minimum absolute atomic E-state index is 0.304. The average Bonchev–Trinajstić information content (AvgIpc) is 2.53. The van der Waals surface area contributed by atoms with Crippen molar-refractivity contribution >= 4 is 5.88 Å². The van der Waals surface area contributed by atoms with Crippen molar-refractivity contribution in [3.8, 4) is 0 Å². The molecule has 0 aliphatic carbocycles. The Balaban J connectivity index is 2.86. The van der Waals surface area contributed by atoms with Crippen molar-refractivity contribution in [2.45, 2.75) is 12.3 Å². The molecule has 0 fully saturated rings. The third-order valence-electron chi connectivity index (χ3n) is 2.07. The maximum absolute atomic E-state index is 5.46. The van der Waals surface area contributed by atoms with Crippen LogP contribution in [0.4, 0.5) is 5.88 Å². The molecule has 1 rings (SSSR count). The van der Waals surface area contributed by atoms with Gasteiger partial charge in [0.2, 0.25) is 5.88 Å². The quantitative estimate of drug-likeness (QED) is 0.761. The number of anilines is 1. The highest BCUT2D eigenvalue weighted by Crippen LogP contribution is 2.24. The van der Waals surface area contributed by atoms with Gasteiger partial charge in [-0.15, -0.1) is 0 Å². The van der Waals surface area contributed by atoms with Gasteiger partial charge >= 0.3 is 0 Å². The van der Waals surface area contributed by atoms with Crippen molar-refractivity contribution in [2.75, 3.05) is 33.2 Å². The largest absolute Gasteiger partial charge is 0.384 e. The van der Waals surface area contributed by atoms with E-state index in [4.69, 9.17) is 19.7 Å². The Morgan fingerprint density at radius 2 is 2.00 bits per heavy atom. The Morgan fingerprint density at radius 3 is 2.36 bits per heavy atom. The van der Waals surface area contributed by atoms with Gasteiger partial charge in [-0.25, -0.2) is 0 Å². The van der Waals surface area contributed by atoms with Gasteiger partial charge in [0, 0.05) is 20.3 Å². The lowest BCUT2D eigenvalue weighted by atomic mass is 9.89. The first-order chi connectivity index (χ1) is 6.62. The Morgan fingerprint density at radius 1 is 1.43 bits per heavy atom. The normalized spacial score (nSPS) is 11.9. The molecule has 2 N–H and O–H groups in total. The smallest absolute Gasteiger partial charge is 0.222 e. The molecule has 0 unspecified atom stereocenters. The van der Waals surface area contributed by atoms with Crippen molar-refractivity contribution in [3.05, 3.63) is 11.8 Å². The molecule has 0 aliphatic rings. The molecule has 0 radical (unpaired) electrons. The summed E-state index contributed by atoms with van der Waals surface area (Å²) in [6.07, 6.45) is 0. The van der Waals surface area contributed by atoms with Crippen LogP contribution >= 0.6 is 0 Å². The first-order valence-electron chi connectivity index (χ1n) is 4.33. The number of ether oxygens (including phenoxy) is 2. The third kappa shape index (κ3) is 2.24. The number of rotatable bonds is 5. The Hall–Kier alpha value is -1.07. The number of aromatic nitrogens is 1. The van der Waals surface area contributed by atoms with Crippen LogP contribution < -0.4 is 5.73 Å². The summed E-state index contributed by atoms with van der Waals surface area (Å²) in [7, 11) is 3.27. The van der Waals surface area contributed by atoms with E-state index in [0.29, 0.717) is 19.1 Å². The van der Waals surface area contributed by atoms with E-state index in [0.717, 1.165) is 5.69 Å². The number of nitrogen functional groups attached to an aromatic ring is 1. The van der Waals surface area contributed by atoms with Crippen LogP contribution in [0.2, 0.25) is 0 Å². The van der Waals surface area contributed by atoms with Crippen LogP contribution in [0.5, 0.6) is 0 Å². The van der Waals surface area contributed by atoms with E-state index < -0.39 is 0 Å². The predicted octanol–water partition coefficient (Wildman–Crippen LogP) is 0.807. The second-order valence-electron chi connectivity index (χ2n) is 3.54. The van der Waals surface area contributed by atoms with E-state index in [1.807, 2.05) is 6.92 Å². The molecule has 5 heteroatoms. The fourth-order valence-electron chi connectivity index (χ4n) is 1.40. The highest BCUT2D eigenvalue weighted by molar-refractivity contribution is 5.29. The zero-order valence-corrected chi connectivity index (χ0v) is 8.74. The van der Waals surface area contributed by atoms with Crippen molar-refractivity contribution in [1.29, 1.82) is 0 Å². The van der Waals surface area contributed by atoms with Crippen LogP contribution in [0, 0.1) is 0 Å². The van der Waals surface area contributed by atoms with Crippen molar-refractivity contribution in [2.24, 2.45) is 0 Å². The summed E-state index contributed by atoms with van der Waals surface area (Å²) in [6, 6.07) is 1.69. The summed E-state index contributed by atoms with van der Waals surface area (Å²) in [4.78, 5) is 0. The van der Waals surface area contributed by atoms with Gasteiger partial charge in [-0.3, -0.25) is 0 Å². The summed E-state index contributed by atoms with van der Waals surface area (Å²) in [5.74, 6) is 0.304. The summed E-state index contributed by atoms with van der Waals surface area (Å²) >= 11 is 0. The summed E-state index contributed by atoms with van der Waals surface area (Å²) in [5.41, 5.74) is 5.89. The maximum atomic E-state index is 5.46. The van der Waals surface area contributed by atoms with Crippen LogP contribution in [-0.4, -0.2) is 32.6 Å². The molecule has 0 saturated carbocycles. The maximum Gasteiger partial charge on any atom is 0.222 e. The standard InChI is InChI=1S/C9H16N2O3/c1-9(5-12-2,6-13-3)7-4-8(10)14-11-7/h4H,5-6,10H2,1-3H3. The van der Waals surface area contributed by atoms with Crippen LogP contribution in [0.1, 0.15) is 12.6 Å². The number of methoxy groups -OCH3 is 2. The third-order valence-corrected chi connectivity index (χ3v) is 2.07. The van der Waals surface area contributed by atoms with Crippen LogP contribution in [0.15, 0.2) is 10.6 Å². The minimum Gasteiger partial charge on any atom is -0.384 e. The van der Waals surface area contributed by atoms with Crippen molar-refractivity contribution in [1.82, 2.24) is 5.16 Å². The van der Waals surface area contributed by atoms with Gasteiger partial charge in [0.15, 0.2) is 0 Å². The minimum atomic E-state index is -0.315. The van der Waals surface area contributed by atoms with Crippen molar-refractivity contribution in [3.63, 3.8) is 0 Å². The van der Waals surface area contributed by atoms with Gasteiger partial charge in [-0.2, -0.15) is 0 Å². The summed E-state index contributed by atoms with van der Waals surface area (Å²) < 4.78 is 15.1. The molecule has 0 aromatic carbocycles. The fourth-order valence-corrected chi connectivity index (χ4v) is 1.40. The zero-order chi connectivity index (χ0) is 10.6. The first-order valence-corrected chi connectivity index (χ1v) is 4.33. The molecule has 1 aromatic heterocycles. The van der Waals surface area contributed by atoms with E-state index in [1.165, 1.54) is 0 Å². The highest BCUT2D eigenvalue weighted by Gasteiger charge is 2.30. The number of hydrogen-bond donors (Lipinski definition) is 1. The monoisotopic (exact) mass is 200 g/mol. The van der Waals surface area contributed by atoms with Gasteiger partial charge in [0.25, 0.3) is 0 Å². The second-order valence-corrected chi connectivity index (χ2v) is 3.54. The molecule has 0 saturated heterocycles. The zero-order valence-electron chi connectivity index (χ0n) is 8.74. The molecular weight excluding hydrogens is 184 g/mol. The first kappa shape index (κ1) is 11.0. The van der Waals surface area contributed by atoms with E-state index in [9.17, 15) is 0 Å². The highest BCUT2D eigenvalue weighted by atomic mass is 16.5. The van der Waals surface area contributed by atoms with Crippen LogP contribution in [0.25, 0.3) is 0 Å². The predicted molar refractivity (Wildman–Crippen MR) is 52.0 cm³/mol. The average molecular weight is 200 g/mol. The lowest BCUT2D eigenvalue weighted by molar-refractivity contribution is 0.0650. The van der Waals surface area contributed by atoms with Gasteiger partial charge in [-0.05, 0) is 6.92 Å². The molecule has 0 atom stereocenters. The number of hydrogen-bond acceptors (Lipinski definition) is 5. The topological polar surface area (TPSA) is 70.5 Å². The van der Waals surface area contributed by atoms with E-state index in [1.54, 1.807) is 20.3 Å². The van der Waals surface area contributed by atoms with E-state index >= 15 is 0 Å². The van der Waals surface area contributed by atoms with Crippen LogP contribution in [-0.2, 0) is 14.9 Å². The molecule has 80 valence electrons. The van der Waals surface area contributed by atoms with Gasteiger partial charge in [0.1, 0.15) is 0 Å². The fraction of sp³-hybridized carbons (Fsp3) is 0.667. The molecule has 1 heterocycles. The second kappa shape index (κ2) is 4.43. The molecule has 0 spiro atoms. The lowest BCUT2D eigenvalue weighted by Gasteiger charge is -2.24. The molecule has 5 nitrogen and oxygen atoms in total. The Kier molecular flexibility index (Phi) is 3.49. The van der Waals surface area contributed by atoms with Crippen LogP contribution in [0.3, 0.4) is 0 Å². The molecule has 0 bridgehead atoms. The molecule has 1 aromatic rings.